The lowest BCUT2D eigenvalue weighted by Crippen LogP contribution is -2.12. The lowest BCUT2D eigenvalue weighted by atomic mass is 10.1. The Morgan fingerprint density at radius 3 is 2.70 bits per heavy atom. The molecule has 0 unspecified atom stereocenters. The number of anilines is 1. The molecule has 0 fully saturated rings. The van der Waals surface area contributed by atoms with Crippen LogP contribution in [0.5, 0.6) is 0 Å². The van der Waals surface area contributed by atoms with E-state index in [0.29, 0.717) is 29.4 Å². The van der Waals surface area contributed by atoms with Gasteiger partial charge in [-0.25, -0.2) is 9.97 Å². The molecule has 0 aliphatic heterocycles. The first kappa shape index (κ1) is 21.2. The smallest absolute Gasteiger partial charge is 0.225 e. The number of hydrogen-bond donors (Lipinski definition) is 1. The minimum atomic E-state index is -0.0285. The van der Waals surface area contributed by atoms with E-state index in [1.165, 1.54) is 6.39 Å². The summed E-state index contributed by atoms with van der Waals surface area (Å²) >= 11 is 0. The number of rotatable bonds is 10. The van der Waals surface area contributed by atoms with E-state index in [9.17, 15) is 4.79 Å². The number of oxazole rings is 1. The predicted octanol–water partition coefficient (Wildman–Crippen LogP) is 4.87. The summed E-state index contributed by atoms with van der Waals surface area (Å²) in [6, 6.07) is 15.0. The molecule has 1 amide bonds. The normalized spacial score (nSPS) is 11.3. The fourth-order valence-electron chi connectivity index (χ4n) is 2.88. The van der Waals surface area contributed by atoms with Crippen LogP contribution in [0, 0.1) is 6.92 Å². The summed E-state index contributed by atoms with van der Waals surface area (Å²) in [6.07, 6.45) is 4.89. The Labute approximate surface area is 176 Å². The van der Waals surface area contributed by atoms with E-state index in [4.69, 9.17) is 9.25 Å². The summed E-state index contributed by atoms with van der Waals surface area (Å²) in [6.45, 7) is 4.12. The molecule has 3 aromatic rings. The molecule has 1 aromatic carbocycles. The van der Waals surface area contributed by atoms with E-state index in [2.05, 4.69) is 27.4 Å². The number of unbranched alkanes of at least 4 members (excludes halogenated alkanes) is 2. The third-order valence-corrected chi connectivity index (χ3v) is 4.46. The topological polar surface area (TPSA) is 89.6 Å². The zero-order valence-electron chi connectivity index (χ0n) is 17.3. The van der Waals surface area contributed by atoms with Gasteiger partial charge in [0, 0.05) is 12.0 Å². The molecule has 0 aliphatic carbocycles. The highest BCUT2D eigenvalue weighted by atomic mass is 16.6. The molecule has 1 N–H and O–H groups in total. The zero-order valence-corrected chi connectivity index (χ0v) is 17.3. The molecule has 2 heterocycles. The fraction of sp³-hybridized carbons (Fsp3) is 0.304. The second-order valence-corrected chi connectivity index (χ2v) is 6.87. The number of aryl methyl sites for hydroxylation is 1. The van der Waals surface area contributed by atoms with Gasteiger partial charge in [0.25, 0.3) is 0 Å². The molecular weight excluding hydrogens is 380 g/mol. The van der Waals surface area contributed by atoms with E-state index in [0.717, 1.165) is 30.5 Å². The molecule has 7 heteroatoms. The number of oxime groups is 1. The average molecular weight is 406 g/mol. The van der Waals surface area contributed by atoms with Crippen molar-refractivity contribution in [1.82, 2.24) is 9.97 Å². The van der Waals surface area contributed by atoms with Crippen molar-refractivity contribution in [2.45, 2.75) is 46.1 Å². The number of nitrogens with zero attached hydrogens (tertiary/aromatic N) is 3. The third kappa shape index (κ3) is 6.01. The first-order chi connectivity index (χ1) is 14.7. The van der Waals surface area contributed by atoms with Gasteiger partial charge in [-0.2, -0.15) is 0 Å². The molecule has 0 spiro atoms. The SMILES string of the molecule is CCCCCC(=O)Nc1cccc(CO/N=C(/c2ccccc2)c2ocnc2C)n1. The second kappa shape index (κ2) is 10.9. The van der Waals surface area contributed by atoms with Gasteiger partial charge in [0.1, 0.15) is 5.82 Å². The van der Waals surface area contributed by atoms with Crippen LogP contribution in [-0.2, 0) is 16.2 Å². The number of nitrogens with one attached hydrogen (secondary N) is 1. The zero-order chi connectivity index (χ0) is 21.2. The maximum atomic E-state index is 12.0. The summed E-state index contributed by atoms with van der Waals surface area (Å²) in [5, 5.41) is 7.12. The number of hydrogen-bond acceptors (Lipinski definition) is 6. The van der Waals surface area contributed by atoms with Crippen LogP contribution < -0.4 is 5.32 Å². The highest BCUT2D eigenvalue weighted by Crippen LogP contribution is 2.15. The average Bonchev–Trinajstić information content (AvgIpc) is 3.18. The molecule has 3 rings (SSSR count). The standard InChI is InChI=1S/C23H26N4O3/c1-3-4-6-14-21(28)26-20-13-9-12-19(25-20)15-30-27-22(18-10-7-5-8-11-18)23-17(2)24-16-29-23/h5,7-13,16H,3-4,6,14-15H2,1-2H3,(H,25,26,28)/b27-22-. The largest absolute Gasteiger partial charge is 0.441 e. The Morgan fingerprint density at radius 2 is 1.97 bits per heavy atom. The van der Waals surface area contributed by atoms with Crippen LogP contribution in [0.3, 0.4) is 0 Å². The Hall–Kier alpha value is -3.48. The minimum Gasteiger partial charge on any atom is -0.441 e. The van der Waals surface area contributed by atoms with Crippen LogP contribution in [0.4, 0.5) is 5.82 Å². The molecule has 0 atom stereocenters. The molecule has 0 bridgehead atoms. The Kier molecular flexibility index (Phi) is 7.71. The van der Waals surface area contributed by atoms with Crippen LogP contribution in [0.25, 0.3) is 0 Å². The Morgan fingerprint density at radius 1 is 1.13 bits per heavy atom. The maximum Gasteiger partial charge on any atom is 0.225 e. The molecule has 0 saturated heterocycles. The monoisotopic (exact) mass is 406 g/mol. The molecule has 2 aromatic heterocycles. The van der Waals surface area contributed by atoms with Crippen LogP contribution in [0.15, 0.2) is 64.5 Å². The van der Waals surface area contributed by atoms with Gasteiger partial charge in [-0.15, -0.1) is 0 Å². The van der Waals surface area contributed by atoms with E-state index in [1.807, 2.05) is 49.4 Å². The molecule has 0 aliphatic rings. The van der Waals surface area contributed by atoms with Crippen LogP contribution in [0.2, 0.25) is 0 Å². The maximum absolute atomic E-state index is 12.0. The van der Waals surface area contributed by atoms with Gasteiger partial charge in [0.2, 0.25) is 5.91 Å². The number of pyridine rings is 1. The highest BCUT2D eigenvalue weighted by molar-refractivity contribution is 6.11. The quantitative estimate of drug-likeness (QED) is 0.295. The Bertz CT molecular complexity index is 983. The number of carbonyl (C=O) groups excluding carboxylic acids is 1. The van der Waals surface area contributed by atoms with Gasteiger partial charge in [-0.05, 0) is 25.5 Å². The number of aromatic nitrogens is 2. The summed E-state index contributed by atoms with van der Waals surface area (Å²) in [4.78, 5) is 26.1. The van der Waals surface area contributed by atoms with E-state index in [-0.39, 0.29) is 12.5 Å². The van der Waals surface area contributed by atoms with Crippen molar-refractivity contribution in [2.24, 2.45) is 5.16 Å². The first-order valence-corrected chi connectivity index (χ1v) is 10.1. The van der Waals surface area contributed by atoms with Crippen molar-refractivity contribution in [3.63, 3.8) is 0 Å². The van der Waals surface area contributed by atoms with Crippen LogP contribution in [0.1, 0.15) is 55.3 Å². The summed E-state index contributed by atoms with van der Waals surface area (Å²) in [5.41, 5.74) is 2.81. The van der Waals surface area contributed by atoms with Crippen molar-refractivity contribution in [1.29, 1.82) is 0 Å². The minimum absolute atomic E-state index is 0.0285. The molecule has 0 saturated carbocycles. The van der Waals surface area contributed by atoms with E-state index in [1.54, 1.807) is 6.07 Å². The van der Waals surface area contributed by atoms with Gasteiger partial charge in [0.05, 0.1) is 11.4 Å². The number of benzene rings is 1. The summed E-state index contributed by atoms with van der Waals surface area (Å²) in [5.74, 6) is 1.04. The summed E-state index contributed by atoms with van der Waals surface area (Å²) in [7, 11) is 0. The van der Waals surface area contributed by atoms with Crippen molar-refractivity contribution in [3.05, 3.63) is 77.6 Å². The number of carbonyl (C=O) groups is 1. The van der Waals surface area contributed by atoms with Gasteiger partial charge >= 0.3 is 0 Å². The lowest BCUT2D eigenvalue weighted by Gasteiger charge is -2.07. The number of amides is 1. The van der Waals surface area contributed by atoms with Gasteiger partial charge in [-0.1, -0.05) is 61.3 Å². The molecule has 156 valence electrons. The third-order valence-electron chi connectivity index (χ3n) is 4.46. The van der Waals surface area contributed by atoms with Crippen molar-refractivity contribution >= 4 is 17.4 Å². The van der Waals surface area contributed by atoms with Gasteiger partial charge in [0.15, 0.2) is 24.5 Å². The van der Waals surface area contributed by atoms with Gasteiger partial charge < -0.3 is 14.6 Å². The van der Waals surface area contributed by atoms with Crippen LogP contribution >= 0.6 is 0 Å². The van der Waals surface area contributed by atoms with Gasteiger partial charge in [-0.3, -0.25) is 4.79 Å². The molecular formula is C23H26N4O3. The highest BCUT2D eigenvalue weighted by Gasteiger charge is 2.15. The molecule has 30 heavy (non-hydrogen) atoms. The van der Waals surface area contributed by atoms with Crippen molar-refractivity contribution in [2.75, 3.05) is 5.32 Å². The molecule has 7 nitrogen and oxygen atoms in total. The predicted molar refractivity (Wildman–Crippen MR) is 115 cm³/mol. The van der Waals surface area contributed by atoms with E-state index >= 15 is 0 Å². The Balaban J connectivity index is 1.67. The second-order valence-electron chi connectivity index (χ2n) is 6.87. The van der Waals surface area contributed by atoms with E-state index < -0.39 is 0 Å². The summed E-state index contributed by atoms with van der Waals surface area (Å²) < 4.78 is 5.50. The first-order valence-electron chi connectivity index (χ1n) is 10.1. The lowest BCUT2D eigenvalue weighted by molar-refractivity contribution is -0.116. The van der Waals surface area contributed by atoms with Crippen LogP contribution in [-0.4, -0.2) is 21.6 Å². The van der Waals surface area contributed by atoms with Crippen molar-refractivity contribution < 1.29 is 14.0 Å². The van der Waals surface area contributed by atoms with Crippen molar-refractivity contribution in [3.8, 4) is 0 Å². The fourth-order valence-corrected chi connectivity index (χ4v) is 2.88. The molecule has 0 radical (unpaired) electrons.